The van der Waals surface area contributed by atoms with Gasteiger partial charge in [-0.1, -0.05) is 48.0 Å². The fourth-order valence-electron chi connectivity index (χ4n) is 2.75. The van der Waals surface area contributed by atoms with E-state index in [9.17, 15) is 4.79 Å². The number of hydrogen-bond donors (Lipinski definition) is 3. The first kappa shape index (κ1) is 16.8. The van der Waals surface area contributed by atoms with Crippen LogP contribution >= 0.6 is 0 Å². The molecule has 0 unspecified atom stereocenters. The summed E-state index contributed by atoms with van der Waals surface area (Å²) >= 11 is 0. The zero-order valence-corrected chi connectivity index (χ0v) is 14.3. The maximum absolute atomic E-state index is 12.4. The first-order chi connectivity index (χ1) is 12.1. The van der Waals surface area contributed by atoms with E-state index in [1.54, 1.807) is 0 Å². The normalized spacial score (nSPS) is 10.6. The van der Waals surface area contributed by atoms with Crippen molar-refractivity contribution in [3.05, 3.63) is 76.1 Å². The molecule has 2 aromatic carbocycles. The molecule has 0 radical (unpaired) electrons. The zero-order valence-electron chi connectivity index (χ0n) is 14.3. The fourth-order valence-corrected chi connectivity index (χ4v) is 2.75. The molecule has 128 valence electrons. The molecule has 1 aromatic heterocycles. The molecule has 1 heterocycles. The Kier molecular flexibility index (Phi) is 5.14. The van der Waals surface area contributed by atoms with Crippen LogP contribution in [-0.4, -0.2) is 16.5 Å². The Bertz CT molecular complexity index is 886. The van der Waals surface area contributed by atoms with Gasteiger partial charge in [0.25, 0.3) is 5.56 Å². The van der Waals surface area contributed by atoms with Gasteiger partial charge in [-0.3, -0.25) is 9.78 Å². The van der Waals surface area contributed by atoms with E-state index in [1.165, 1.54) is 0 Å². The molecular formula is C20H22N4O. The third-order valence-corrected chi connectivity index (χ3v) is 4.07. The zero-order chi connectivity index (χ0) is 17.6. The van der Waals surface area contributed by atoms with Gasteiger partial charge in [0, 0.05) is 23.4 Å². The standard InChI is InChI=1S/C20H22N4O/c1-14-9-11-15(12-10-14)18-17(19(25)24-20(21)23-18)8-5-13-22-16-6-3-2-4-7-16/h2-4,6-7,9-12,22H,5,8,13H2,1H3,(H3,21,23,24,25). The van der Waals surface area contributed by atoms with E-state index in [0.29, 0.717) is 17.7 Å². The van der Waals surface area contributed by atoms with Crippen molar-refractivity contribution >= 4 is 11.6 Å². The number of benzene rings is 2. The third-order valence-electron chi connectivity index (χ3n) is 4.07. The molecule has 25 heavy (non-hydrogen) atoms. The number of anilines is 2. The van der Waals surface area contributed by atoms with E-state index in [2.05, 4.69) is 15.3 Å². The van der Waals surface area contributed by atoms with Crippen LogP contribution in [0.15, 0.2) is 59.4 Å². The van der Waals surface area contributed by atoms with Gasteiger partial charge in [0.15, 0.2) is 0 Å². The van der Waals surface area contributed by atoms with Crippen LogP contribution in [-0.2, 0) is 6.42 Å². The van der Waals surface area contributed by atoms with E-state index in [-0.39, 0.29) is 11.5 Å². The van der Waals surface area contributed by atoms with Crippen molar-refractivity contribution in [3.63, 3.8) is 0 Å². The molecule has 0 saturated heterocycles. The Morgan fingerprint density at radius 2 is 1.80 bits per heavy atom. The van der Waals surface area contributed by atoms with Gasteiger partial charge in [0.1, 0.15) is 0 Å². The second-order valence-corrected chi connectivity index (χ2v) is 6.04. The Hall–Kier alpha value is -3.08. The van der Waals surface area contributed by atoms with Crippen molar-refractivity contribution in [1.29, 1.82) is 0 Å². The summed E-state index contributed by atoms with van der Waals surface area (Å²) in [5, 5.41) is 3.36. The lowest BCUT2D eigenvalue weighted by Gasteiger charge is -2.10. The molecule has 0 aliphatic rings. The molecule has 0 aliphatic heterocycles. The Balaban J connectivity index is 1.76. The Morgan fingerprint density at radius 3 is 2.52 bits per heavy atom. The van der Waals surface area contributed by atoms with Gasteiger partial charge in [-0.05, 0) is 31.9 Å². The molecule has 0 aliphatic carbocycles. The minimum absolute atomic E-state index is 0.145. The highest BCUT2D eigenvalue weighted by atomic mass is 16.1. The number of nitrogens with one attached hydrogen (secondary N) is 2. The maximum Gasteiger partial charge on any atom is 0.256 e. The summed E-state index contributed by atoms with van der Waals surface area (Å²) in [6, 6.07) is 18.0. The average Bonchev–Trinajstić information content (AvgIpc) is 2.61. The van der Waals surface area contributed by atoms with Gasteiger partial charge in [-0.25, -0.2) is 4.98 Å². The van der Waals surface area contributed by atoms with Crippen molar-refractivity contribution in [2.45, 2.75) is 19.8 Å². The average molecular weight is 334 g/mol. The topological polar surface area (TPSA) is 83.8 Å². The number of hydrogen-bond acceptors (Lipinski definition) is 4. The molecule has 0 amide bonds. The second-order valence-electron chi connectivity index (χ2n) is 6.04. The first-order valence-electron chi connectivity index (χ1n) is 8.38. The molecule has 0 saturated carbocycles. The highest BCUT2D eigenvalue weighted by molar-refractivity contribution is 5.64. The lowest BCUT2D eigenvalue weighted by atomic mass is 10.0. The summed E-state index contributed by atoms with van der Waals surface area (Å²) in [4.78, 5) is 19.4. The van der Waals surface area contributed by atoms with Crippen LogP contribution in [0.5, 0.6) is 0 Å². The molecule has 0 spiro atoms. The van der Waals surface area contributed by atoms with Gasteiger partial charge in [-0.2, -0.15) is 0 Å². The highest BCUT2D eigenvalue weighted by Gasteiger charge is 2.12. The molecule has 3 aromatic rings. The smallest absolute Gasteiger partial charge is 0.256 e. The van der Waals surface area contributed by atoms with Gasteiger partial charge in [-0.15, -0.1) is 0 Å². The van der Waals surface area contributed by atoms with E-state index in [0.717, 1.165) is 29.8 Å². The molecule has 4 N–H and O–H groups in total. The number of para-hydroxylation sites is 1. The van der Waals surface area contributed by atoms with Crippen molar-refractivity contribution in [1.82, 2.24) is 9.97 Å². The summed E-state index contributed by atoms with van der Waals surface area (Å²) in [5.41, 5.74) is 10.1. The van der Waals surface area contributed by atoms with E-state index in [1.807, 2.05) is 61.5 Å². The quantitative estimate of drug-likeness (QED) is 0.604. The van der Waals surface area contributed by atoms with Crippen molar-refractivity contribution in [2.24, 2.45) is 0 Å². The fraction of sp³-hybridized carbons (Fsp3) is 0.200. The maximum atomic E-state index is 12.4. The van der Waals surface area contributed by atoms with Crippen LogP contribution in [0, 0.1) is 6.92 Å². The van der Waals surface area contributed by atoms with Crippen LogP contribution in [0.1, 0.15) is 17.5 Å². The number of aryl methyl sites for hydroxylation is 1. The third kappa shape index (κ3) is 4.26. The Labute approximate surface area is 146 Å². The molecule has 0 bridgehead atoms. The van der Waals surface area contributed by atoms with Crippen molar-refractivity contribution in [2.75, 3.05) is 17.6 Å². The van der Waals surface area contributed by atoms with Gasteiger partial charge in [0.2, 0.25) is 5.95 Å². The molecule has 5 heteroatoms. The minimum Gasteiger partial charge on any atom is -0.385 e. The van der Waals surface area contributed by atoms with Crippen LogP contribution < -0.4 is 16.6 Å². The molecule has 5 nitrogen and oxygen atoms in total. The van der Waals surface area contributed by atoms with Crippen molar-refractivity contribution < 1.29 is 0 Å². The molecule has 3 rings (SSSR count). The highest BCUT2D eigenvalue weighted by Crippen LogP contribution is 2.21. The summed E-state index contributed by atoms with van der Waals surface area (Å²) in [7, 11) is 0. The SMILES string of the molecule is Cc1ccc(-c2nc(N)[nH]c(=O)c2CCCNc2ccccc2)cc1. The van der Waals surface area contributed by atoms with Gasteiger partial charge < -0.3 is 11.1 Å². The lowest BCUT2D eigenvalue weighted by Crippen LogP contribution is -2.19. The summed E-state index contributed by atoms with van der Waals surface area (Å²) in [5.74, 6) is 0.145. The van der Waals surface area contributed by atoms with E-state index in [4.69, 9.17) is 5.73 Å². The molecule has 0 fully saturated rings. The summed E-state index contributed by atoms with van der Waals surface area (Å²) in [6.45, 7) is 2.81. The van der Waals surface area contributed by atoms with E-state index >= 15 is 0 Å². The molecular weight excluding hydrogens is 312 g/mol. The number of aromatic nitrogens is 2. The van der Waals surface area contributed by atoms with Crippen LogP contribution in [0.25, 0.3) is 11.3 Å². The second kappa shape index (κ2) is 7.66. The van der Waals surface area contributed by atoms with Gasteiger partial charge >= 0.3 is 0 Å². The number of nitrogens with zero attached hydrogens (tertiary/aromatic N) is 1. The Morgan fingerprint density at radius 1 is 1.08 bits per heavy atom. The monoisotopic (exact) mass is 334 g/mol. The van der Waals surface area contributed by atoms with E-state index < -0.39 is 0 Å². The summed E-state index contributed by atoms with van der Waals surface area (Å²) in [6.07, 6.45) is 1.45. The number of aromatic amines is 1. The first-order valence-corrected chi connectivity index (χ1v) is 8.38. The predicted octanol–water partition coefficient (Wildman–Crippen LogP) is 3.37. The minimum atomic E-state index is -0.164. The summed E-state index contributed by atoms with van der Waals surface area (Å²) < 4.78 is 0. The number of H-pyrrole nitrogens is 1. The molecule has 0 atom stereocenters. The number of rotatable bonds is 6. The van der Waals surface area contributed by atoms with Crippen LogP contribution in [0.3, 0.4) is 0 Å². The van der Waals surface area contributed by atoms with Crippen molar-refractivity contribution in [3.8, 4) is 11.3 Å². The largest absolute Gasteiger partial charge is 0.385 e. The number of nitrogen functional groups attached to an aromatic ring is 1. The predicted molar refractivity (Wildman–Crippen MR) is 103 cm³/mol. The van der Waals surface area contributed by atoms with Gasteiger partial charge in [0.05, 0.1) is 5.69 Å². The number of nitrogens with two attached hydrogens (primary N) is 1. The lowest BCUT2D eigenvalue weighted by molar-refractivity contribution is 0.844. The van der Waals surface area contributed by atoms with Crippen LogP contribution in [0.2, 0.25) is 0 Å². The van der Waals surface area contributed by atoms with Crippen LogP contribution in [0.4, 0.5) is 11.6 Å².